The Bertz CT molecular complexity index is 152. The summed E-state index contributed by atoms with van der Waals surface area (Å²) in [5.74, 6) is 0.193. The smallest absolute Gasteiger partial charge is 0.237 e. The summed E-state index contributed by atoms with van der Waals surface area (Å²) in [4.78, 5) is 13.1. The van der Waals surface area contributed by atoms with Gasteiger partial charge in [0.2, 0.25) is 5.91 Å². The summed E-state index contributed by atoms with van der Waals surface area (Å²) in [7, 11) is 0. The standard InChI is InChI=1S/C8H14ClNO/c1-6(2)10(7-3-4-7)8(11)5-9/h6-7H,3-5H2,1-2H3. The predicted molar refractivity (Wildman–Crippen MR) is 45.7 cm³/mol. The SMILES string of the molecule is CC(C)N(C(=O)CCl)C1CC1. The molecule has 0 aromatic carbocycles. The summed E-state index contributed by atoms with van der Waals surface area (Å²) in [6.45, 7) is 4.06. The van der Waals surface area contributed by atoms with Crippen LogP contribution in [0.2, 0.25) is 0 Å². The van der Waals surface area contributed by atoms with E-state index in [9.17, 15) is 4.79 Å². The molecule has 64 valence electrons. The van der Waals surface area contributed by atoms with Crippen molar-refractivity contribution in [3.8, 4) is 0 Å². The van der Waals surface area contributed by atoms with Crippen LogP contribution in [0.4, 0.5) is 0 Å². The van der Waals surface area contributed by atoms with Crippen LogP contribution < -0.4 is 0 Å². The van der Waals surface area contributed by atoms with Crippen LogP contribution in [-0.4, -0.2) is 28.8 Å². The van der Waals surface area contributed by atoms with Crippen molar-refractivity contribution in [2.45, 2.75) is 38.8 Å². The van der Waals surface area contributed by atoms with Crippen LogP contribution in [0, 0.1) is 0 Å². The van der Waals surface area contributed by atoms with Crippen molar-refractivity contribution in [2.75, 3.05) is 5.88 Å². The van der Waals surface area contributed by atoms with Gasteiger partial charge in [-0.25, -0.2) is 0 Å². The first-order valence-corrected chi connectivity index (χ1v) is 4.57. The number of carbonyl (C=O) groups is 1. The predicted octanol–water partition coefficient (Wildman–Crippen LogP) is 1.62. The Morgan fingerprint density at radius 1 is 1.64 bits per heavy atom. The summed E-state index contributed by atoms with van der Waals surface area (Å²) in [5.41, 5.74) is 0. The maximum atomic E-state index is 11.2. The Kier molecular flexibility index (Phi) is 2.77. The van der Waals surface area contributed by atoms with Crippen molar-refractivity contribution < 1.29 is 4.79 Å². The molecular weight excluding hydrogens is 162 g/mol. The Morgan fingerprint density at radius 2 is 2.18 bits per heavy atom. The van der Waals surface area contributed by atoms with E-state index in [-0.39, 0.29) is 11.8 Å². The number of carbonyl (C=O) groups excluding carboxylic acids is 1. The number of alkyl halides is 1. The fourth-order valence-electron chi connectivity index (χ4n) is 1.33. The minimum absolute atomic E-state index is 0.0733. The molecule has 1 aliphatic carbocycles. The molecule has 1 amide bonds. The molecular formula is C8H14ClNO. The highest BCUT2D eigenvalue weighted by atomic mass is 35.5. The molecule has 1 aliphatic rings. The van der Waals surface area contributed by atoms with Crippen molar-refractivity contribution in [1.82, 2.24) is 4.90 Å². The van der Waals surface area contributed by atoms with E-state index in [0.29, 0.717) is 12.1 Å². The molecule has 0 saturated heterocycles. The van der Waals surface area contributed by atoms with Crippen molar-refractivity contribution in [2.24, 2.45) is 0 Å². The molecule has 0 aliphatic heterocycles. The minimum Gasteiger partial charge on any atom is -0.336 e. The Morgan fingerprint density at radius 3 is 2.45 bits per heavy atom. The Labute approximate surface area is 72.5 Å². The molecule has 0 unspecified atom stereocenters. The van der Waals surface area contributed by atoms with Gasteiger partial charge in [-0.05, 0) is 26.7 Å². The van der Waals surface area contributed by atoms with Gasteiger partial charge in [0.05, 0.1) is 0 Å². The topological polar surface area (TPSA) is 20.3 Å². The summed E-state index contributed by atoms with van der Waals surface area (Å²) in [6, 6.07) is 0.787. The van der Waals surface area contributed by atoms with Crippen LogP contribution in [0.5, 0.6) is 0 Å². The first-order chi connectivity index (χ1) is 5.16. The molecule has 0 spiro atoms. The molecule has 0 bridgehead atoms. The molecule has 0 N–H and O–H groups in total. The largest absolute Gasteiger partial charge is 0.336 e. The van der Waals surface area contributed by atoms with Crippen LogP contribution in [0.25, 0.3) is 0 Å². The molecule has 0 radical (unpaired) electrons. The monoisotopic (exact) mass is 175 g/mol. The van der Waals surface area contributed by atoms with Gasteiger partial charge < -0.3 is 4.90 Å². The molecule has 2 nitrogen and oxygen atoms in total. The number of hydrogen-bond donors (Lipinski definition) is 0. The zero-order valence-corrected chi connectivity index (χ0v) is 7.77. The molecule has 0 aromatic rings. The van der Waals surface area contributed by atoms with Crippen molar-refractivity contribution in [3.63, 3.8) is 0 Å². The van der Waals surface area contributed by atoms with E-state index in [4.69, 9.17) is 11.6 Å². The Hall–Kier alpha value is -0.240. The van der Waals surface area contributed by atoms with Crippen LogP contribution in [-0.2, 0) is 4.79 Å². The van der Waals surface area contributed by atoms with Crippen molar-refractivity contribution >= 4 is 17.5 Å². The summed E-state index contributed by atoms with van der Waals surface area (Å²) < 4.78 is 0. The Balaban J connectivity index is 2.51. The van der Waals surface area contributed by atoms with Gasteiger partial charge in [-0.15, -0.1) is 11.6 Å². The van der Waals surface area contributed by atoms with Gasteiger partial charge in [-0.1, -0.05) is 0 Å². The zero-order valence-electron chi connectivity index (χ0n) is 7.01. The fourth-order valence-corrected chi connectivity index (χ4v) is 1.47. The van der Waals surface area contributed by atoms with Crippen LogP contribution >= 0.6 is 11.6 Å². The third-order valence-corrected chi connectivity index (χ3v) is 2.13. The van der Waals surface area contributed by atoms with E-state index in [0.717, 1.165) is 12.8 Å². The minimum atomic E-state index is 0.0733. The highest BCUT2D eigenvalue weighted by Crippen LogP contribution is 2.28. The highest BCUT2D eigenvalue weighted by molar-refractivity contribution is 6.27. The second-order valence-corrected chi connectivity index (χ2v) is 3.53. The second-order valence-electron chi connectivity index (χ2n) is 3.26. The lowest BCUT2D eigenvalue weighted by Gasteiger charge is -2.25. The molecule has 0 heterocycles. The van der Waals surface area contributed by atoms with Crippen molar-refractivity contribution in [1.29, 1.82) is 0 Å². The van der Waals surface area contributed by atoms with E-state index in [1.807, 2.05) is 18.7 Å². The molecule has 11 heavy (non-hydrogen) atoms. The lowest BCUT2D eigenvalue weighted by molar-refractivity contribution is -0.130. The van der Waals surface area contributed by atoms with Gasteiger partial charge in [0, 0.05) is 12.1 Å². The number of halogens is 1. The normalized spacial score (nSPS) is 17.1. The molecule has 0 aromatic heterocycles. The third kappa shape index (κ3) is 2.09. The van der Waals surface area contributed by atoms with Crippen LogP contribution in [0.3, 0.4) is 0 Å². The average Bonchev–Trinajstić information content (AvgIpc) is 2.71. The first kappa shape index (κ1) is 8.85. The summed E-state index contributed by atoms with van der Waals surface area (Å²) in [5, 5.41) is 0. The fraction of sp³-hybridized carbons (Fsp3) is 0.875. The first-order valence-electron chi connectivity index (χ1n) is 4.04. The molecule has 1 fully saturated rings. The number of hydrogen-bond acceptors (Lipinski definition) is 1. The van der Waals surface area contributed by atoms with Crippen molar-refractivity contribution in [3.05, 3.63) is 0 Å². The average molecular weight is 176 g/mol. The lowest BCUT2D eigenvalue weighted by Crippen LogP contribution is -2.39. The molecule has 3 heteroatoms. The van der Waals surface area contributed by atoms with Crippen LogP contribution in [0.1, 0.15) is 26.7 Å². The molecule has 1 rings (SSSR count). The maximum Gasteiger partial charge on any atom is 0.237 e. The highest BCUT2D eigenvalue weighted by Gasteiger charge is 2.33. The maximum absolute atomic E-state index is 11.2. The molecule has 1 saturated carbocycles. The van der Waals surface area contributed by atoms with Gasteiger partial charge in [0.15, 0.2) is 0 Å². The summed E-state index contributed by atoms with van der Waals surface area (Å²) in [6.07, 6.45) is 2.31. The summed E-state index contributed by atoms with van der Waals surface area (Å²) >= 11 is 5.47. The quantitative estimate of drug-likeness (QED) is 0.597. The van der Waals surface area contributed by atoms with Gasteiger partial charge in [-0.2, -0.15) is 0 Å². The van der Waals surface area contributed by atoms with E-state index >= 15 is 0 Å². The van der Waals surface area contributed by atoms with Gasteiger partial charge >= 0.3 is 0 Å². The van der Waals surface area contributed by atoms with E-state index in [1.54, 1.807) is 0 Å². The zero-order chi connectivity index (χ0) is 8.43. The lowest BCUT2D eigenvalue weighted by atomic mass is 10.3. The van der Waals surface area contributed by atoms with Gasteiger partial charge in [-0.3, -0.25) is 4.79 Å². The number of rotatable bonds is 3. The van der Waals surface area contributed by atoms with E-state index in [1.165, 1.54) is 0 Å². The molecule has 0 atom stereocenters. The van der Waals surface area contributed by atoms with Gasteiger partial charge in [0.25, 0.3) is 0 Å². The third-order valence-electron chi connectivity index (χ3n) is 1.90. The number of nitrogens with zero attached hydrogens (tertiary/aromatic N) is 1. The van der Waals surface area contributed by atoms with Gasteiger partial charge in [0.1, 0.15) is 5.88 Å². The number of amides is 1. The van der Waals surface area contributed by atoms with E-state index in [2.05, 4.69) is 0 Å². The second kappa shape index (κ2) is 3.44. The van der Waals surface area contributed by atoms with Crippen LogP contribution in [0.15, 0.2) is 0 Å². The van der Waals surface area contributed by atoms with E-state index < -0.39 is 0 Å².